The highest BCUT2D eigenvalue weighted by Gasteiger charge is 2.23. The van der Waals surface area contributed by atoms with E-state index >= 15 is 0 Å². The number of aromatic nitrogens is 2. The van der Waals surface area contributed by atoms with E-state index in [2.05, 4.69) is 44.6 Å². The molecule has 2 aromatic rings. The summed E-state index contributed by atoms with van der Waals surface area (Å²) in [5, 5.41) is 6.13. The van der Waals surface area contributed by atoms with Gasteiger partial charge in [0.25, 0.3) is 0 Å². The number of hydrogen-bond donors (Lipinski definition) is 2. The smallest absolute Gasteiger partial charge is 0.220 e. The summed E-state index contributed by atoms with van der Waals surface area (Å²) in [6.07, 6.45) is 6.73. The van der Waals surface area contributed by atoms with Crippen LogP contribution in [0.4, 0.5) is 0 Å². The molecule has 3 rings (SSSR count). The zero-order valence-electron chi connectivity index (χ0n) is 15.8. The lowest BCUT2D eigenvalue weighted by Crippen LogP contribution is -2.45. The second-order valence-electron chi connectivity index (χ2n) is 6.91. The molecule has 1 saturated heterocycles. The molecular formula is C19H28N6O. The summed E-state index contributed by atoms with van der Waals surface area (Å²) < 4.78 is 2.04. The van der Waals surface area contributed by atoms with Crippen molar-refractivity contribution in [2.45, 2.75) is 32.7 Å². The number of carbonyl (C=O) groups is 1. The minimum atomic E-state index is 0.132. The molecule has 26 heavy (non-hydrogen) atoms. The summed E-state index contributed by atoms with van der Waals surface area (Å²) in [6.45, 7) is 4.56. The molecule has 0 bridgehead atoms. The van der Waals surface area contributed by atoms with Crippen molar-refractivity contribution in [2.24, 2.45) is 10.9 Å². The molecule has 7 heteroatoms. The molecule has 0 radical (unpaired) electrons. The second kappa shape index (κ2) is 8.21. The van der Waals surface area contributed by atoms with Gasteiger partial charge >= 0.3 is 0 Å². The average molecular weight is 356 g/mol. The molecule has 7 nitrogen and oxygen atoms in total. The van der Waals surface area contributed by atoms with Crippen LogP contribution in [0, 0.1) is 12.8 Å². The largest absolute Gasteiger partial charge is 0.359 e. The van der Waals surface area contributed by atoms with Crippen LogP contribution in [0.3, 0.4) is 0 Å². The van der Waals surface area contributed by atoms with E-state index < -0.39 is 0 Å². The summed E-state index contributed by atoms with van der Waals surface area (Å²) in [4.78, 5) is 22.9. The fourth-order valence-corrected chi connectivity index (χ4v) is 3.44. The number of hydrogen-bond acceptors (Lipinski definition) is 3. The molecule has 0 aliphatic carbocycles. The van der Waals surface area contributed by atoms with Crippen LogP contribution in [0.2, 0.25) is 0 Å². The van der Waals surface area contributed by atoms with Gasteiger partial charge in [0.1, 0.15) is 5.65 Å². The van der Waals surface area contributed by atoms with Crippen LogP contribution in [0.25, 0.3) is 5.65 Å². The van der Waals surface area contributed by atoms with E-state index in [1.54, 1.807) is 7.05 Å². The Morgan fingerprint density at radius 3 is 2.85 bits per heavy atom. The molecule has 140 valence electrons. The number of rotatable bonds is 4. The predicted molar refractivity (Wildman–Crippen MR) is 103 cm³/mol. The molecule has 0 unspecified atom stereocenters. The zero-order valence-corrected chi connectivity index (χ0v) is 15.8. The number of carbonyl (C=O) groups excluding carboxylic acids is 1. The SMILES string of the molecule is CN=C(NCc1cn2ccc(C)cc2n1)N1CCC(CC(=O)NC)CC1. The monoisotopic (exact) mass is 356 g/mol. The third-order valence-corrected chi connectivity index (χ3v) is 4.97. The third kappa shape index (κ3) is 4.33. The number of likely N-dealkylation sites (tertiary alicyclic amines) is 1. The zero-order chi connectivity index (χ0) is 18.5. The van der Waals surface area contributed by atoms with Gasteiger partial charge in [-0.15, -0.1) is 0 Å². The summed E-state index contributed by atoms with van der Waals surface area (Å²) in [5.41, 5.74) is 3.16. The number of amides is 1. The van der Waals surface area contributed by atoms with Crippen molar-refractivity contribution in [1.29, 1.82) is 0 Å². The minimum Gasteiger partial charge on any atom is -0.359 e. The van der Waals surface area contributed by atoms with Gasteiger partial charge in [-0.05, 0) is 43.4 Å². The Kier molecular flexibility index (Phi) is 5.75. The van der Waals surface area contributed by atoms with Crippen molar-refractivity contribution < 1.29 is 4.79 Å². The first-order valence-electron chi connectivity index (χ1n) is 9.19. The Hall–Kier alpha value is -2.57. The van der Waals surface area contributed by atoms with E-state index in [9.17, 15) is 4.79 Å². The van der Waals surface area contributed by atoms with Crippen LogP contribution in [-0.2, 0) is 11.3 Å². The maximum absolute atomic E-state index is 11.5. The Morgan fingerprint density at radius 2 is 2.15 bits per heavy atom. The Balaban J connectivity index is 1.54. The van der Waals surface area contributed by atoms with Crippen LogP contribution < -0.4 is 10.6 Å². The quantitative estimate of drug-likeness (QED) is 0.644. The number of guanidine groups is 1. The third-order valence-electron chi connectivity index (χ3n) is 4.97. The highest BCUT2D eigenvalue weighted by molar-refractivity contribution is 5.80. The van der Waals surface area contributed by atoms with E-state index in [0.717, 1.165) is 43.2 Å². The molecule has 2 N–H and O–H groups in total. The Morgan fingerprint density at radius 1 is 1.38 bits per heavy atom. The molecule has 0 atom stereocenters. The number of fused-ring (bicyclic) bond motifs is 1. The van der Waals surface area contributed by atoms with Crippen molar-refractivity contribution in [3.8, 4) is 0 Å². The van der Waals surface area contributed by atoms with Gasteiger partial charge in [-0.1, -0.05) is 0 Å². The molecule has 1 aliphatic rings. The summed E-state index contributed by atoms with van der Waals surface area (Å²) in [6, 6.07) is 4.16. The fraction of sp³-hybridized carbons (Fsp3) is 0.526. The number of aryl methyl sites for hydroxylation is 1. The van der Waals surface area contributed by atoms with E-state index in [1.165, 1.54) is 5.56 Å². The summed E-state index contributed by atoms with van der Waals surface area (Å²) in [7, 11) is 3.51. The van der Waals surface area contributed by atoms with Gasteiger partial charge in [0.2, 0.25) is 5.91 Å². The number of aliphatic imine (C=N–C) groups is 1. The maximum Gasteiger partial charge on any atom is 0.220 e. The van der Waals surface area contributed by atoms with E-state index in [4.69, 9.17) is 0 Å². The average Bonchev–Trinajstić information content (AvgIpc) is 3.05. The van der Waals surface area contributed by atoms with Gasteiger partial charge < -0.3 is 19.9 Å². The predicted octanol–water partition coefficient (Wildman–Crippen LogP) is 1.57. The topological polar surface area (TPSA) is 74.0 Å². The van der Waals surface area contributed by atoms with Crippen LogP contribution >= 0.6 is 0 Å². The normalized spacial score (nSPS) is 16.1. The molecule has 1 fully saturated rings. The molecule has 3 heterocycles. The number of pyridine rings is 1. The molecule has 0 saturated carbocycles. The Labute approximate surface area is 154 Å². The lowest BCUT2D eigenvalue weighted by atomic mass is 9.93. The Bertz CT molecular complexity index is 788. The number of piperidine rings is 1. The van der Waals surface area contributed by atoms with Crippen molar-refractivity contribution >= 4 is 17.5 Å². The molecule has 2 aromatic heterocycles. The lowest BCUT2D eigenvalue weighted by molar-refractivity contribution is -0.121. The fourth-order valence-electron chi connectivity index (χ4n) is 3.44. The molecule has 0 spiro atoms. The number of nitrogens with one attached hydrogen (secondary N) is 2. The highest BCUT2D eigenvalue weighted by atomic mass is 16.1. The van der Waals surface area contributed by atoms with Crippen molar-refractivity contribution in [1.82, 2.24) is 24.9 Å². The van der Waals surface area contributed by atoms with Gasteiger partial charge in [0.15, 0.2) is 5.96 Å². The number of nitrogens with zero attached hydrogens (tertiary/aromatic N) is 4. The van der Waals surface area contributed by atoms with Crippen LogP contribution in [0.15, 0.2) is 29.5 Å². The lowest BCUT2D eigenvalue weighted by Gasteiger charge is -2.34. The van der Waals surface area contributed by atoms with Crippen LogP contribution in [0.5, 0.6) is 0 Å². The first-order chi connectivity index (χ1) is 12.6. The van der Waals surface area contributed by atoms with E-state index in [1.807, 2.05) is 23.8 Å². The maximum atomic E-state index is 11.5. The standard InChI is InChI=1S/C19H28N6O/c1-14-4-7-25-13-16(23-17(25)10-14)12-22-19(21-3)24-8-5-15(6-9-24)11-18(26)20-2/h4,7,10,13,15H,5-6,8-9,11-12H2,1-3H3,(H,20,26)(H,21,22). The van der Waals surface area contributed by atoms with Crippen LogP contribution in [-0.4, -0.2) is 53.3 Å². The second-order valence-corrected chi connectivity index (χ2v) is 6.91. The van der Waals surface area contributed by atoms with Crippen molar-refractivity contribution in [3.63, 3.8) is 0 Å². The van der Waals surface area contributed by atoms with Gasteiger partial charge in [-0.25, -0.2) is 4.98 Å². The molecule has 1 amide bonds. The molecule has 0 aromatic carbocycles. The molecule has 1 aliphatic heterocycles. The van der Waals surface area contributed by atoms with Gasteiger partial charge in [-0.3, -0.25) is 9.79 Å². The first-order valence-corrected chi connectivity index (χ1v) is 9.19. The minimum absolute atomic E-state index is 0.132. The van der Waals surface area contributed by atoms with E-state index in [-0.39, 0.29) is 5.91 Å². The van der Waals surface area contributed by atoms with Crippen molar-refractivity contribution in [2.75, 3.05) is 27.2 Å². The number of imidazole rings is 1. The van der Waals surface area contributed by atoms with Gasteiger partial charge in [0.05, 0.1) is 12.2 Å². The molecular weight excluding hydrogens is 328 g/mol. The summed E-state index contributed by atoms with van der Waals surface area (Å²) >= 11 is 0. The van der Waals surface area contributed by atoms with E-state index in [0.29, 0.717) is 18.9 Å². The van der Waals surface area contributed by atoms with Crippen molar-refractivity contribution in [3.05, 3.63) is 35.8 Å². The first kappa shape index (κ1) is 18.2. The summed E-state index contributed by atoms with van der Waals surface area (Å²) in [5.74, 6) is 1.50. The van der Waals surface area contributed by atoms with Crippen LogP contribution in [0.1, 0.15) is 30.5 Å². The van der Waals surface area contributed by atoms with Gasteiger partial charge in [0, 0.05) is 46.0 Å². The van der Waals surface area contributed by atoms with Gasteiger partial charge in [-0.2, -0.15) is 0 Å². The highest BCUT2D eigenvalue weighted by Crippen LogP contribution is 2.20.